The van der Waals surface area contributed by atoms with Gasteiger partial charge >= 0.3 is 0 Å². The van der Waals surface area contributed by atoms with E-state index in [0.29, 0.717) is 5.41 Å². The van der Waals surface area contributed by atoms with E-state index >= 15 is 0 Å². The molecule has 2 heteroatoms. The molecule has 2 atom stereocenters. The Labute approximate surface area is 101 Å². The highest BCUT2D eigenvalue weighted by molar-refractivity contribution is 4.91. The molecule has 1 aliphatic heterocycles. The lowest BCUT2D eigenvalue weighted by molar-refractivity contribution is 0.130. The van der Waals surface area contributed by atoms with Crippen molar-refractivity contribution in [3.63, 3.8) is 0 Å². The first-order chi connectivity index (χ1) is 7.58. The van der Waals surface area contributed by atoms with Gasteiger partial charge in [0.05, 0.1) is 0 Å². The molecular weight excluding hydrogens is 196 g/mol. The molecule has 0 bridgehead atoms. The van der Waals surface area contributed by atoms with Gasteiger partial charge in [-0.1, -0.05) is 26.7 Å². The maximum atomic E-state index is 3.94. The van der Waals surface area contributed by atoms with E-state index in [4.69, 9.17) is 0 Å². The molecule has 1 N–H and O–H groups in total. The molecule has 2 nitrogen and oxygen atoms in total. The second-order valence-electron chi connectivity index (χ2n) is 6.56. The molecule has 0 aromatic carbocycles. The van der Waals surface area contributed by atoms with Crippen LogP contribution in [0.15, 0.2) is 0 Å². The fourth-order valence-electron chi connectivity index (χ4n) is 3.39. The number of likely N-dealkylation sites (N-methyl/N-ethyl adjacent to an activating group) is 1. The van der Waals surface area contributed by atoms with Crippen LogP contribution in [0.5, 0.6) is 0 Å². The molecule has 0 spiro atoms. The Morgan fingerprint density at radius 3 is 2.62 bits per heavy atom. The zero-order chi connectivity index (χ0) is 11.6. The fourth-order valence-corrected chi connectivity index (χ4v) is 3.39. The van der Waals surface area contributed by atoms with Gasteiger partial charge in [-0.25, -0.2) is 0 Å². The van der Waals surface area contributed by atoms with Crippen molar-refractivity contribution in [2.45, 2.75) is 64.5 Å². The summed E-state index contributed by atoms with van der Waals surface area (Å²) >= 11 is 0. The minimum atomic E-state index is 0.508. The number of rotatable bonds is 2. The maximum Gasteiger partial charge on any atom is 0.0198 e. The summed E-state index contributed by atoms with van der Waals surface area (Å²) in [7, 11) is 2.25. The molecule has 0 aromatic rings. The minimum absolute atomic E-state index is 0.508. The first-order valence-corrected chi connectivity index (χ1v) is 7.02. The number of hydrogen-bond acceptors (Lipinski definition) is 2. The molecule has 1 heterocycles. The average Bonchev–Trinajstić information content (AvgIpc) is 2.21. The van der Waals surface area contributed by atoms with E-state index in [-0.39, 0.29) is 0 Å². The van der Waals surface area contributed by atoms with E-state index in [0.717, 1.165) is 12.1 Å². The highest BCUT2D eigenvalue weighted by atomic mass is 15.1. The van der Waals surface area contributed by atoms with E-state index in [2.05, 4.69) is 31.1 Å². The molecule has 2 rings (SSSR count). The van der Waals surface area contributed by atoms with E-state index < -0.39 is 0 Å². The van der Waals surface area contributed by atoms with Crippen LogP contribution in [0.3, 0.4) is 0 Å². The SMILES string of the molecule is CN1CCCC(NC2CCCCC2(C)C)C1. The van der Waals surface area contributed by atoms with Gasteiger partial charge in [0, 0.05) is 18.6 Å². The van der Waals surface area contributed by atoms with Crippen molar-refractivity contribution >= 4 is 0 Å². The van der Waals surface area contributed by atoms with Crippen LogP contribution in [0.2, 0.25) is 0 Å². The van der Waals surface area contributed by atoms with Crippen molar-refractivity contribution < 1.29 is 0 Å². The monoisotopic (exact) mass is 224 g/mol. The summed E-state index contributed by atoms with van der Waals surface area (Å²) in [4.78, 5) is 2.47. The predicted molar refractivity (Wildman–Crippen MR) is 69.7 cm³/mol. The summed E-state index contributed by atoms with van der Waals surface area (Å²) in [6, 6.07) is 1.49. The third-order valence-electron chi connectivity index (χ3n) is 4.57. The lowest BCUT2D eigenvalue weighted by atomic mass is 9.73. The average molecular weight is 224 g/mol. The van der Waals surface area contributed by atoms with Crippen molar-refractivity contribution in [1.82, 2.24) is 10.2 Å². The molecule has 0 amide bonds. The van der Waals surface area contributed by atoms with Crippen LogP contribution in [0.4, 0.5) is 0 Å². The molecule has 2 unspecified atom stereocenters. The second-order valence-corrected chi connectivity index (χ2v) is 6.56. The Hall–Kier alpha value is -0.0800. The Balaban J connectivity index is 1.87. The van der Waals surface area contributed by atoms with E-state index in [1.54, 1.807) is 0 Å². The molecule has 16 heavy (non-hydrogen) atoms. The van der Waals surface area contributed by atoms with Crippen LogP contribution in [0, 0.1) is 5.41 Å². The van der Waals surface area contributed by atoms with Crippen molar-refractivity contribution in [1.29, 1.82) is 0 Å². The van der Waals surface area contributed by atoms with Crippen LogP contribution in [0.25, 0.3) is 0 Å². The van der Waals surface area contributed by atoms with Gasteiger partial charge in [-0.15, -0.1) is 0 Å². The topological polar surface area (TPSA) is 15.3 Å². The van der Waals surface area contributed by atoms with Crippen LogP contribution in [-0.4, -0.2) is 37.1 Å². The van der Waals surface area contributed by atoms with Crippen LogP contribution in [-0.2, 0) is 0 Å². The lowest BCUT2D eigenvalue weighted by Gasteiger charge is -2.43. The zero-order valence-electron chi connectivity index (χ0n) is 11.3. The molecule has 2 fully saturated rings. The molecular formula is C14H28N2. The number of nitrogens with zero attached hydrogens (tertiary/aromatic N) is 1. The van der Waals surface area contributed by atoms with E-state index in [1.165, 1.54) is 51.6 Å². The Bertz CT molecular complexity index is 225. The maximum absolute atomic E-state index is 3.94. The summed E-state index contributed by atoms with van der Waals surface area (Å²) in [6.07, 6.45) is 8.36. The number of likely N-dealkylation sites (tertiary alicyclic amines) is 1. The molecule has 0 radical (unpaired) electrons. The summed E-state index contributed by atoms with van der Waals surface area (Å²) in [5, 5.41) is 3.94. The first-order valence-electron chi connectivity index (χ1n) is 7.02. The Morgan fingerprint density at radius 2 is 1.94 bits per heavy atom. The quantitative estimate of drug-likeness (QED) is 0.776. The molecule has 2 aliphatic rings. The van der Waals surface area contributed by atoms with Crippen molar-refractivity contribution in [3.05, 3.63) is 0 Å². The van der Waals surface area contributed by atoms with Crippen LogP contribution in [0.1, 0.15) is 52.4 Å². The van der Waals surface area contributed by atoms with Gasteiger partial charge in [0.1, 0.15) is 0 Å². The normalized spacial score (nSPS) is 36.2. The smallest absolute Gasteiger partial charge is 0.0198 e. The van der Waals surface area contributed by atoms with Gasteiger partial charge in [0.15, 0.2) is 0 Å². The lowest BCUT2D eigenvalue weighted by Crippen LogP contribution is -2.53. The second kappa shape index (κ2) is 5.05. The molecule has 1 saturated heterocycles. The van der Waals surface area contributed by atoms with Crippen LogP contribution >= 0.6 is 0 Å². The Kier molecular flexibility index (Phi) is 3.91. The van der Waals surface area contributed by atoms with Crippen LogP contribution < -0.4 is 5.32 Å². The number of nitrogens with one attached hydrogen (secondary N) is 1. The minimum Gasteiger partial charge on any atom is -0.309 e. The van der Waals surface area contributed by atoms with Crippen molar-refractivity contribution in [3.8, 4) is 0 Å². The number of piperidine rings is 1. The third-order valence-corrected chi connectivity index (χ3v) is 4.57. The summed E-state index contributed by atoms with van der Waals surface area (Å²) in [6.45, 7) is 7.41. The van der Waals surface area contributed by atoms with E-state index in [9.17, 15) is 0 Å². The van der Waals surface area contributed by atoms with Crippen molar-refractivity contribution in [2.24, 2.45) is 5.41 Å². The largest absolute Gasteiger partial charge is 0.309 e. The van der Waals surface area contributed by atoms with Gasteiger partial charge < -0.3 is 10.2 Å². The zero-order valence-corrected chi connectivity index (χ0v) is 11.3. The van der Waals surface area contributed by atoms with E-state index in [1.807, 2.05) is 0 Å². The first kappa shape index (κ1) is 12.4. The summed E-state index contributed by atoms with van der Waals surface area (Å²) in [5.74, 6) is 0. The van der Waals surface area contributed by atoms with Gasteiger partial charge in [-0.3, -0.25) is 0 Å². The summed E-state index contributed by atoms with van der Waals surface area (Å²) in [5.41, 5.74) is 0.508. The standard InChI is InChI=1S/C14H28N2/c1-14(2)9-5-4-8-13(14)15-12-7-6-10-16(3)11-12/h12-13,15H,4-11H2,1-3H3. The van der Waals surface area contributed by atoms with Gasteiger partial charge in [-0.05, 0) is 44.7 Å². The molecule has 0 aromatic heterocycles. The third kappa shape index (κ3) is 2.98. The predicted octanol–water partition coefficient (Wildman–Crippen LogP) is 2.64. The molecule has 1 saturated carbocycles. The fraction of sp³-hybridized carbons (Fsp3) is 1.00. The van der Waals surface area contributed by atoms with Gasteiger partial charge in [-0.2, -0.15) is 0 Å². The van der Waals surface area contributed by atoms with Gasteiger partial charge in [0.2, 0.25) is 0 Å². The Morgan fingerprint density at radius 1 is 1.12 bits per heavy atom. The highest BCUT2D eigenvalue weighted by Crippen LogP contribution is 2.35. The highest BCUT2D eigenvalue weighted by Gasteiger charge is 2.33. The summed E-state index contributed by atoms with van der Waals surface area (Å²) < 4.78 is 0. The van der Waals surface area contributed by atoms with Crippen molar-refractivity contribution in [2.75, 3.05) is 20.1 Å². The molecule has 94 valence electrons. The van der Waals surface area contributed by atoms with Gasteiger partial charge in [0.25, 0.3) is 0 Å². The molecule has 1 aliphatic carbocycles. The number of hydrogen-bond donors (Lipinski definition) is 1.